The summed E-state index contributed by atoms with van der Waals surface area (Å²) >= 11 is 1.28. The number of halogens is 10. The van der Waals surface area contributed by atoms with Crippen LogP contribution in [0.15, 0.2) is 36.4 Å². The number of hydrogen-bond acceptors (Lipinski definition) is 3. The van der Waals surface area contributed by atoms with E-state index in [4.69, 9.17) is 9.47 Å². The van der Waals surface area contributed by atoms with Crippen molar-refractivity contribution in [1.82, 2.24) is 0 Å². The van der Waals surface area contributed by atoms with Crippen LogP contribution in [0, 0.1) is 0 Å². The van der Waals surface area contributed by atoms with E-state index < -0.39 is 49.5 Å². The van der Waals surface area contributed by atoms with Crippen LogP contribution in [0.4, 0.5) is 43.9 Å². The molecule has 0 N–H and O–H groups in total. The van der Waals surface area contributed by atoms with Gasteiger partial charge in [-0.25, -0.2) is 17.6 Å². The molecule has 0 aliphatic carbocycles. The maximum Gasteiger partial charge on any atom is 0.416 e. The van der Waals surface area contributed by atoms with E-state index in [0.29, 0.717) is 11.5 Å². The smallest absolute Gasteiger partial charge is 0.416 e. The summed E-state index contributed by atoms with van der Waals surface area (Å²) < 4.78 is 140. The van der Waals surface area contributed by atoms with Gasteiger partial charge in [0.2, 0.25) is 0 Å². The number of ether oxygens (including phenoxy) is 2. The molecule has 0 bridgehead atoms. The molecular formula is C24H24F10O2S. The van der Waals surface area contributed by atoms with Gasteiger partial charge < -0.3 is 9.47 Å². The first-order chi connectivity index (χ1) is 17.3. The minimum atomic E-state index is -4.71. The van der Waals surface area contributed by atoms with Gasteiger partial charge in [0.1, 0.15) is 24.7 Å². The molecule has 2 nitrogen and oxygen atoms in total. The number of alkyl halides is 10. The summed E-state index contributed by atoms with van der Waals surface area (Å²) in [5.41, 5.74) is -2.44. The van der Waals surface area contributed by atoms with Crippen molar-refractivity contribution in [2.24, 2.45) is 0 Å². The van der Waals surface area contributed by atoms with Gasteiger partial charge in [-0.2, -0.15) is 38.1 Å². The quantitative estimate of drug-likeness (QED) is 0.169. The van der Waals surface area contributed by atoms with E-state index in [2.05, 4.69) is 0 Å². The summed E-state index contributed by atoms with van der Waals surface area (Å²) in [7, 11) is 0. The van der Waals surface area contributed by atoms with Crippen LogP contribution in [0.2, 0.25) is 0 Å². The topological polar surface area (TPSA) is 18.5 Å². The summed E-state index contributed by atoms with van der Waals surface area (Å²) in [6.45, 7) is -2.10. The molecule has 2 rings (SSSR count). The van der Waals surface area contributed by atoms with Crippen LogP contribution in [0.5, 0.6) is 11.5 Å². The molecule has 0 spiro atoms. The standard InChI is InChI=1S/C24H24F10O2S/c25-21(26)13-35-19-9-1-7-17(23(29,30)31)15(19)5-3-11-37-12-4-6-16-18(24(32,33)34)8-2-10-20(16)36-14-22(27)28/h1-2,7-10,21-22H,3-6,11-14H2. The molecule has 0 saturated heterocycles. The van der Waals surface area contributed by atoms with Crippen molar-refractivity contribution >= 4 is 11.8 Å². The van der Waals surface area contributed by atoms with Gasteiger partial charge in [0.25, 0.3) is 12.9 Å². The normalized spacial score (nSPS) is 12.4. The highest BCUT2D eigenvalue weighted by Gasteiger charge is 2.35. The molecule has 13 heteroatoms. The second-order valence-electron chi connectivity index (χ2n) is 7.78. The highest BCUT2D eigenvalue weighted by Crippen LogP contribution is 2.38. The Labute approximate surface area is 211 Å². The predicted molar refractivity (Wildman–Crippen MR) is 120 cm³/mol. The molecule has 0 aliphatic rings. The Hall–Kier alpha value is -2.31. The molecule has 0 radical (unpaired) electrons. The minimum absolute atomic E-state index is 0.107. The fraction of sp³-hybridized carbons (Fsp3) is 0.500. The lowest BCUT2D eigenvalue weighted by Gasteiger charge is -2.18. The number of hydrogen-bond donors (Lipinski definition) is 0. The first-order valence-corrected chi connectivity index (χ1v) is 12.2. The van der Waals surface area contributed by atoms with Crippen molar-refractivity contribution in [3.8, 4) is 11.5 Å². The first-order valence-electron chi connectivity index (χ1n) is 11.1. The Morgan fingerprint density at radius 1 is 0.622 bits per heavy atom. The van der Waals surface area contributed by atoms with Gasteiger partial charge in [-0.3, -0.25) is 0 Å². The van der Waals surface area contributed by atoms with Crippen LogP contribution < -0.4 is 9.47 Å². The van der Waals surface area contributed by atoms with Gasteiger partial charge in [-0.1, -0.05) is 12.1 Å². The zero-order valence-electron chi connectivity index (χ0n) is 19.3. The molecule has 2 aromatic carbocycles. The van der Waals surface area contributed by atoms with Gasteiger partial charge in [-0.05, 0) is 61.5 Å². The second-order valence-corrected chi connectivity index (χ2v) is 9.01. The molecule has 0 atom stereocenters. The highest BCUT2D eigenvalue weighted by molar-refractivity contribution is 7.99. The summed E-state index contributed by atoms with van der Waals surface area (Å²) in [5.74, 6) is 0.132. The third-order valence-corrected chi connectivity index (χ3v) is 6.19. The third-order valence-electron chi connectivity index (χ3n) is 5.04. The Balaban J connectivity index is 1.95. The average Bonchev–Trinajstić information content (AvgIpc) is 2.79. The number of rotatable bonds is 14. The molecule has 0 unspecified atom stereocenters. The van der Waals surface area contributed by atoms with Crippen LogP contribution in [-0.4, -0.2) is 37.6 Å². The molecule has 0 saturated carbocycles. The summed E-state index contributed by atoms with van der Waals surface area (Å²) in [6, 6.07) is 6.19. The van der Waals surface area contributed by atoms with E-state index in [0.717, 1.165) is 24.3 Å². The summed E-state index contributed by atoms with van der Waals surface area (Å²) in [6.07, 6.45) is -14.9. The maximum atomic E-state index is 13.4. The van der Waals surface area contributed by atoms with Crippen molar-refractivity contribution < 1.29 is 53.4 Å². The van der Waals surface area contributed by atoms with E-state index in [1.165, 1.54) is 23.9 Å². The maximum absolute atomic E-state index is 13.4. The Kier molecular flexibility index (Phi) is 11.7. The zero-order chi connectivity index (χ0) is 27.6. The van der Waals surface area contributed by atoms with Crippen LogP contribution in [-0.2, 0) is 25.2 Å². The third kappa shape index (κ3) is 10.2. The fourth-order valence-electron chi connectivity index (χ4n) is 3.56. The molecule has 0 aromatic heterocycles. The van der Waals surface area contributed by atoms with Crippen LogP contribution in [0.3, 0.4) is 0 Å². The highest BCUT2D eigenvalue weighted by atomic mass is 32.2. The fourth-order valence-corrected chi connectivity index (χ4v) is 4.46. The molecule has 208 valence electrons. The van der Waals surface area contributed by atoms with Gasteiger partial charge >= 0.3 is 12.4 Å². The van der Waals surface area contributed by atoms with E-state index >= 15 is 0 Å². The Bertz CT molecular complexity index is 899. The van der Waals surface area contributed by atoms with Crippen molar-refractivity contribution in [3.05, 3.63) is 58.7 Å². The Morgan fingerprint density at radius 3 is 1.32 bits per heavy atom. The molecule has 2 aromatic rings. The average molecular weight is 567 g/mol. The SMILES string of the molecule is FC(F)COc1cccc(C(F)(F)F)c1CCCSCCCc1c(OCC(F)F)cccc1C(F)(F)F. The molecule has 0 heterocycles. The molecular weight excluding hydrogens is 542 g/mol. The van der Waals surface area contributed by atoms with Crippen LogP contribution in [0.25, 0.3) is 0 Å². The lowest BCUT2D eigenvalue weighted by Crippen LogP contribution is -2.14. The zero-order valence-corrected chi connectivity index (χ0v) is 20.1. The summed E-state index contributed by atoms with van der Waals surface area (Å²) in [4.78, 5) is 0. The van der Waals surface area contributed by atoms with Crippen molar-refractivity contribution in [2.45, 2.75) is 50.9 Å². The van der Waals surface area contributed by atoms with Gasteiger partial charge in [0.05, 0.1) is 11.1 Å². The largest absolute Gasteiger partial charge is 0.487 e. The number of thioether (sulfide) groups is 1. The monoisotopic (exact) mass is 566 g/mol. The molecule has 0 fully saturated rings. The van der Waals surface area contributed by atoms with Crippen LogP contribution >= 0.6 is 11.8 Å². The van der Waals surface area contributed by atoms with E-state index in [9.17, 15) is 43.9 Å². The van der Waals surface area contributed by atoms with Gasteiger partial charge in [0, 0.05) is 11.1 Å². The second kappa shape index (κ2) is 14.0. The van der Waals surface area contributed by atoms with E-state index in [-0.39, 0.29) is 48.3 Å². The lowest BCUT2D eigenvalue weighted by atomic mass is 10.0. The Morgan fingerprint density at radius 2 is 1.00 bits per heavy atom. The van der Waals surface area contributed by atoms with Crippen molar-refractivity contribution in [2.75, 3.05) is 24.7 Å². The molecule has 37 heavy (non-hydrogen) atoms. The number of benzene rings is 2. The van der Waals surface area contributed by atoms with E-state index in [1.807, 2.05) is 0 Å². The minimum Gasteiger partial charge on any atom is -0.487 e. The van der Waals surface area contributed by atoms with Gasteiger partial charge in [-0.15, -0.1) is 0 Å². The summed E-state index contributed by atoms with van der Waals surface area (Å²) in [5, 5.41) is 0. The molecule has 0 aliphatic heterocycles. The van der Waals surface area contributed by atoms with Crippen LogP contribution in [0.1, 0.15) is 35.1 Å². The molecule has 0 amide bonds. The lowest BCUT2D eigenvalue weighted by molar-refractivity contribution is -0.139. The van der Waals surface area contributed by atoms with Crippen molar-refractivity contribution in [1.29, 1.82) is 0 Å². The van der Waals surface area contributed by atoms with Gasteiger partial charge in [0.15, 0.2) is 0 Å². The predicted octanol–water partition coefficient (Wildman–Crippen LogP) is 8.31. The first kappa shape index (κ1) is 30.9. The van der Waals surface area contributed by atoms with Crippen molar-refractivity contribution in [3.63, 3.8) is 0 Å². The van der Waals surface area contributed by atoms with E-state index in [1.54, 1.807) is 0 Å².